The van der Waals surface area contributed by atoms with Crippen LogP contribution in [0.2, 0.25) is 0 Å². The average Bonchev–Trinajstić information content (AvgIpc) is 2.28. The summed E-state index contributed by atoms with van der Waals surface area (Å²) in [6.45, 7) is 3.67. The Hall–Kier alpha value is -2.04. The maximum absolute atomic E-state index is 11.2. The summed E-state index contributed by atoms with van der Waals surface area (Å²) in [6.07, 6.45) is 0. The van der Waals surface area contributed by atoms with Crippen LogP contribution in [0, 0.1) is 13.8 Å². The zero-order valence-electron chi connectivity index (χ0n) is 9.95. The molecule has 2 amide bonds. The Morgan fingerprint density at radius 2 is 2.00 bits per heavy atom. The van der Waals surface area contributed by atoms with Crippen molar-refractivity contribution < 1.29 is 14.3 Å². The monoisotopic (exact) mass is 236 g/mol. The number of hydrogen-bond donors (Lipinski definition) is 2. The highest BCUT2D eigenvalue weighted by molar-refractivity contribution is 5.84. The van der Waals surface area contributed by atoms with Gasteiger partial charge in [0.2, 0.25) is 5.91 Å². The first-order valence-electron chi connectivity index (χ1n) is 5.24. The number of primary amides is 1. The van der Waals surface area contributed by atoms with Crippen LogP contribution in [-0.4, -0.2) is 25.0 Å². The van der Waals surface area contributed by atoms with Gasteiger partial charge >= 0.3 is 0 Å². The molecule has 92 valence electrons. The number of aryl methyl sites for hydroxylation is 2. The number of hydrogen-bond acceptors (Lipinski definition) is 3. The number of nitrogens with one attached hydrogen (secondary N) is 1. The predicted octanol–water partition coefficient (Wildman–Crippen LogP) is 0.284. The molecule has 17 heavy (non-hydrogen) atoms. The van der Waals surface area contributed by atoms with Crippen LogP contribution in [0.5, 0.6) is 5.75 Å². The standard InChI is InChI=1S/C12H16N2O3/c1-8-3-4-10(5-9(8)2)17-7-12(16)14-6-11(13)15/h3-5H,6-7H2,1-2H3,(H2,13,15)(H,14,16). The third-order valence-corrected chi connectivity index (χ3v) is 2.31. The van der Waals surface area contributed by atoms with Gasteiger partial charge in [-0.1, -0.05) is 6.07 Å². The second-order valence-electron chi connectivity index (χ2n) is 3.78. The molecule has 1 aromatic carbocycles. The third kappa shape index (κ3) is 4.55. The molecule has 5 heteroatoms. The van der Waals surface area contributed by atoms with Crippen LogP contribution in [0.3, 0.4) is 0 Å². The summed E-state index contributed by atoms with van der Waals surface area (Å²) in [5.74, 6) is -0.325. The highest BCUT2D eigenvalue weighted by Gasteiger charge is 2.04. The minimum atomic E-state index is -0.579. The van der Waals surface area contributed by atoms with Gasteiger partial charge < -0.3 is 15.8 Å². The van der Waals surface area contributed by atoms with E-state index >= 15 is 0 Å². The summed E-state index contributed by atoms with van der Waals surface area (Å²) in [4.78, 5) is 21.7. The SMILES string of the molecule is Cc1ccc(OCC(=O)NCC(N)=O)cc1C. The van der Waals surface area contributed by atoms with E-state index in [-0.39, 0.29) is 19.1 Å². The van der Waals surface area contributed by atoms with Crippen molar-refractivity contribution in [2.75, 3.05) is 13.2 Å². The predicted molar refractivity (Wildman–Crippen MR) is 63.6 cm³/mol. The van der Waals surface area contributed by atoms with Crippen molar-refractivity contribution in [1.82, 2.24) is 5.32 Å². The lowest BCUT2D eigenvalue weighted by Crippen LogP contribution is -2.36. The second kappa shape index (κ2) is 5.89. The minimum absolute atomic E-state index is 0.129. The minimum Gasteiger partial charge on any atom is -0.484 e. The van der Waals surface area contributed by atoms with Gasteiger partial charge in [-0.2, -0.15) is 0 Å². The van der Waals surface area contributed by atoms with Crippen molar-refractivity contribution in [3.05, 3.63) is 29.3 Å². The maximum atomic E-state index is 11.2. The van der Waals surface area contributed by atoms with E-state index in [1.165, 1.54) is 0 Å². The Labute approximate surface area is 99.9 Å². The van der Waals surface area contributed by atoms with E-state index < -0.39 is 5.91 Å². The quantitative estimate of drug-likeness (QED) is 0.770. The van der Waals surface area contributed by atoms with Crippen molar-refractivity contribution in [2.45, 2.75) is 13.8 Å². The van der Waals surface area contributed by atoms with Gasteiger partial charge in [0, 0.05) is 0 Å². The highest BCUT2D eigenvalue weighted by Crippen LogP contribution is 2.15. The molecule has 0 fully saturated rings. The van der Waals surface area contributed by atoms with Gasteiger partial charge in [0.05, 0.1) is 6.54 Å². The van der Waals surface area contributed by atoms with Crippen molar-refractivity contribution in [2.24, 2.45) is 5.73 Å². The van der Waals surface area contributed by atoms with E-state index in [9.17, 15) is 9.59 Å². The molecule has 0 bridgehead atoms. The molecule has 0 heterocycles. The molecule has 0 aliphatic heterocycles. The van der Waals surface area contributed by atoms with E-state index in [1.807, 2.05) is 26.0 Å². The largest absolute Gasteiger partial charge is 0.484 e. The summed E-state index contributed by atoms with van der Waals surface area (Å²) < 4.78 is 5.27. The molecule has 0 radical (unpaired) electrons. The molecule has 5 nitrogen and oxygen atoms in total. The molecule has 3 N–H and O–H groups in total. The summed E-state index contributed by atoms with van der Waals surface area (Å²) in [5, 5.41) is 2.34. The number of rotatable bonds is 5. The molecule has 0 aliphatic carbocycles. The zero-order chi connectivity index (χ0) is 12.8. The lowest BCUT2D eigenvalue weighted by Gasteiger charge is -2.08. The molecule has 1 aromatic rings. The Kier molecular flexibility index (Phi) is 4.51. The Balaban J connectivity index is 2.42. The van der Waals surface area contributed by atoms with E-state index in [0.29, 0.717) is 5.75 Å². The van der Waals surface area contributed by atoms with Crippen molar-refractivity contribution >= 4 is 11.8 Å². The Bertz CT molecular complexity index is 430. The van der Waals surface area contributed by atoms with Gasteiger partial charge in [0.1, 0.15) is 5.75 Å². The molecule has 0 saturated heterocycles. The summed E-state index contributed by atoms with van der Waals surface area (Å²) in [6, 6.07) is 5.58. The molecule has 0 spiro atoms. The average molecular weight is 236 g/mol. The van der Waals surface area contributed by atoms with Crippen LogP contribution >= 0.6 is 0 Å². The Morgan fingerprint density at radius 3 is 2.59 bits per heavy atom. The molecule has 0 aromatic heterocycles. The smallest absolute Gasteiger partial charge is 0.258 e. The first kappa shape index (κ1) is 13.0. The fraction of sp³-hybridized carbons (Fsp3) is 0.333. The van der Waals surface area contributed by atoms with Gasteiger partial charge in [-0.15, -0.1) is 0 Å². The van der Waals surface area contributed by atoms with Crippen LogP contribution < -0.4 is 15.8 Å². The van der Waals surface area contributed by atoms with Crippen LogP contribution in [0.15, 0.2) is 18.2 Å². The molecular formula is C12H16N2O3. The molecular weight excluding hydrogens is 220 g/mol. The van der Waals surface area contributed by atoms with Crippen LogP contribution in [0.4, 0.5) is 0 Å². The lowest BCUT2D eigenvalue weighted by atomic mass is 10.1. The van der Waals surface area contributed by atoms with Gasteiger partial charge in [0.25, 0.3) is 5.91 Å². The fourth-order valence-electron chi connectivity index (χ4n) is 1.19. The van der Waals surface area contributed by atoms with Gasteiger partial charge in [-0.05, 0) is 37.1 Å². The molecule has 0 saturated carbocycles. The zero-order valence-corrected chi connectivity index (χ0v) is 9.95. The van der Waals surface area contributed by atoms with Crippen LogP contribution in [0.25, 0.3) is 0 Å². The normalized spacial score (nSPS) is 9.76. The number of ether oxygens (including phenoxy) is 1. The van der Waals surface area contributed by atoms with Crippen LogP contribution in [0.1, 0.15) is 11.1 Å². The first-order chi connectivity index (χ1) is 7.99. The highest BCUT2D eigenvalue weighted by atomic mass is 16.5. The second-order valence-corrected chi connectivity index (χ2v) is 3.78. The van der Waals surface area contributed by atoms with E-state index in [1.54, 1.807) is 6.07 Å². The fourth-order valence-corrected chi connectivity index (χ4v) is 1.19. The van der Waals surface area contributed by atoms with E-state index in [0.717, 1.165) is 11.1 Å². The first-order valence-corrected chi connectivity index (χ1v) is 5.24. The Morgan fingerprint density at radius 1 is 1.29 bits per heavy atom. The topological polar surface area (TPSA) is 81.4 Å². The number of carbonyl (C=O) groups excluding carboxylic acids is 2. The molecule has 0 unspecified atom stereocenters. The molecule has 0 aliphatic rings. The van der Waals surface area contributed by atoms with E-state index in [4.69, 9.17) is 10.5 Å². The van der Waals surface area contributed by atoms with Crippen molar-refractivity contribution in [3.63, 3.8) is 0 Å². The summed E-state index contributed by atoms with van der Waals surface area (Å²) in [5.41, 5.74) is 7.15. The van der Waals surface area contributed by atoms with Crippen molar-refractivity contribution in [3.8, 4) is 5.75 Å². The summed E-state index contributed by atoms with van der Waals surface area (Å²) in [7, 11) is 0. The number of benzene rings is 1. The number of nitrogens with two attached hydrogens (primary N) is 1. The lowest BCUT2D eigenvalue weighted by molar-refractivity contribution is -0.126. The van der Waals surface area contributed by atoms with Crippen molar-refractivity contribution in [1.29, 1.82) is 0 Å². The van der Waals surface area contributed by atoms with E-state index in [2.05, 4.69) is 5.32 Å². The maximum Gasteiger partial charge on any atom is 0.258 e. The summed E-state index contributed by atoms with van der Waals surface area (Å²) >= 11 is 0. The van der Waals surface area contributed by atoms with Gasteiger partial charge in [0.15, 0.2) is 6.61 Å². The molecule has 1 rings (SSSR count). The van der Waals surface area contributed by atoms with Gasteiger partial charge in [-0.25, -0.2) is 0 Å². The molecule has 0 atom stereocenters. The number of carbonyl (C=O) groups is 2. The van der Waals surface area contributed by atoms with Crippen LogP contribution in [-0.2, 0) is 9.59 Å². The van der Waals surface area contributed by atoms with Gasteiger partial charge in [-0.3, -0.25) is 9.59 Å². The number of amides is 2. The third-order valence-electron chi connectivity index (χ3n) is 2.31.